The molecule has 0 saturated carbocycles. The fourth-order valence-corrected chi connectivity index (χ4v) is 4.48. The zero-order chi connectivity index (χ0) is 26.3. The van der Waals surface area contributed by atoms with Crippen LogP contribution >= 0.6 is 31.9 Å². The first-order chi connectivity index (χ1) is 17.1. The average molecular weight is 636 g/mol. The van der Waals surface area contributed by atoms with E-state index in [2.05, 4.69) is 31.9 Å². The minimum atomic E-state index is -2.21. The predicted molar refractivity (Wildman–Crippen MR) is 128 cm³/mol. The van der Waals surface area contributed by atoms with Crippen LogP contribution in [0, 0.1) is 46.5 Å². The van der Waals surface area contributed by atoms with E-state index >= 15 is 0 Å². The topological polar surface area (TPSA) is 0 Å². The molecule has 186 valence electrons. The maximum atomic E-state index is 15.0. The third kappa shape index (κ3) is 4.34. The smallest absolute Gasteiger partial charge is 0.170 e. The van der Waals surface area contributed by atoms with Crippen molar-refractivity contribution in [3.8, 4) is 33.4 Å². The molecule has 0 bridgehead atoms. The van der Waals surface area contributed by atoms with Crippen molar-refractivity contribution in [2.75, 3.05) is 0 Å². The van der Waals surface area contributed by atoms with Gasteiger partial charge in [0.15, 0.2) is 46.5 Å². The van der Waals surface area contributed by atoms with E-state index in [-0.39, 0.29) is 11.1 Å². The van der Waals surface area contributed by atoms with Crippen LogP contribution in [0.4, 0.5) is 35.1 Å². The molecular formula is C26H12Br2F8. The van der Waals surface area contributed by atoms with Crippen LogP contribution in [0.1, 0.15) is 11.1 Å². The largest absolute Gasteiger partial charge is 0.203 e. The van der Waals surface area contributed by atoms with Gasteiger partial charge in [-0.05, 0) is 22.3 Å². The second-order valence-electron chi connectivity index (χ2n) is 7.67. The second kappa shape index (κ2) is 10.3. The molecule has 0 unspecified atom stereocenters. The van der Waals surface area contributed by atoms with Gasteiger partial charge in [0.1, 0.15) is 0 Å². The van der Waals surface area contributed by atoms with Gasteiger partial charge in [0.2, 0.25) is 0 Å². The Morgan fingerprint density at radius 3 is 0.806 bits per heavy atom. The van der Waals surface area contributed by atoms with Crippen LogP contribution in [0.5, 0.6) is 0 Å². The van der Waals surface area contributed by atoms with Gasteiger partial charge in [-0.2, -0.15) is 0 Å². The highest BCUT2D eigenvalue weighted by Gasteiger charge is 2.34. The number of hydrogen-bond acceptors (Lipinski definition) is 0. The molecule has 0 radical (unpaired) electrons. The molecule has 0 aliphatic carbocycles. The van der Waals surface area contributed by atoms with E-state index in [4.69, 9.17) is 0 Å². The maximum Gasteiger partial charge on any atom is 0.170 e. The second-order valence-corrected chi connectivity index (χ2v) is 8.79. The molecule has 0 atom stereocenters. The lowest BCUT2D eigenvalue weighted by Crippen LogP contribution is -2.09. The van der Waals surface area contributed by atoms with Gasteiger partial charge in [-0.1, -0.05) is 80.4 Å². The molecule has 0 N–H and O–H groups in total. The first-order valence-electron chi connectivity index (χ1n) is 10.1. The van der Waals surface area contributed by atoms with Crippen molar-refractivity contribution in [2.24, 2.45) is 0 Å². The van der Waals surface area contributed by atoms with Gasteiger partial charge in [0.05, 0.1) is 22.3 Å². The van der Waals surface area contributed by atoms with Gasteiger partial charge in [-0.15, -0.1) is 0 Å². The Morgan fingerprint density at radius 1 is 0.361 bits per heavy atom. The van der Waals surface area contributed by atoms with Gasteiger partial charge < -0.3 is 0 Å². The van der Waals surface area contributed by atoms with Crippen LogP contribution < -0.4 is 0 Å². The molecule has 0 amide bonds. The SMILES string of the molecule is Fc1c(F)c(-c2c(F)c(F)c(-c3ccc(CBr)cc3)c(F)c2F)c(F)c(F)c1-c1ccc(CBr)cc1. The lowest BCUT2D eigenvalue weighted by molar-refractivity contribution is 0.446. The molecule has 0 saturated heterocycles. The van der Waals surface area contributed by atoms with E-state index in [9.17, 15) is 35.1 Å². The standard InChI is InChI=1S/C26H12Br2F8/c27-9-11-1-5-13(6-2-11)15-19(29)23(33)17(24(34)20(15)30)18-25(35)21(31)16(22(32)26(18)36)14-7-3-12(10-28)4-8-14/h1-8H,9-10H2. The van der Waals surface area contributed by atoms with Crippen LogP contribution in [0.15, 0.2) is 48.5 Å². The van der Waals surface area contributed by atoms with Crippen molar-refractivity contribution in [1.29, 1.82) is 0 Å². The summed E-state index contributed by atoms with van der Waals surface area (Å²) in [5.41, 5.74) is -5.23. The van der Waals surface area contributed by atoms with E-state index in [1.165, 1.54) is 48.5 Å². The van der Waals surface area contributed by atoms with Crippen molar-refractivity contribution in [3.05, 3.63) is 106 Å². The minimum Gasteiger partial charge on any atom is -0.203 e. The van der Waals surface area contributed by atoms with Crippen LogP contribution in [0.25, 0.3) is 33.4 Å². The summed E-state index contributed by atoms with van der Waals surface area (Å²) < 4.78 is 120. The summed E-state index contributed by atoms with van der Waals surface area (Å²) in [6.07, 6.45) is 0. The van der Waals surface area contributed by atoms with E-state index in [0.29, 0.717) is 21.8 Å². The van der Waals surface area contributed by atoms with E-state index < -0.39 is 68.8 Å². The molecule has 0 fully saturated rings. The summed E-state index contributed by atoms with van der Waals surface area (Å²) in [6.45, 7) is 0. The zero-order valence-corrected chi connectivity index (χ0v) is 21.0. The number of halogens is 10. The molecule has 4 aromatic rings. The molecule has 0 aliphatic heterocycles. The highest BCUT2D eigenvalue weighted by molar-refractivity contribution is 9.08. The Balaban J connectivity index is 1.95. The lowest BCUT2D eigenvalue weighted by Gasteiger charge is -2.16. The van der Waals surface area contributed by atoms with Crippen LogP contribution in [0.3, 0.4) is 0 Å². The summed E-state index contributed by atoms with van der Waals surface area (Å²) >= 11 is 6.35. The molecule has 36 heavy (non-hydrogen) atoms. The van der Waals surface area contributed by atoms with E-state index in [0.717, 1.165) is 0 Å². The molecular weight excluding hydrogens is 624 g/mol. The summed E-state index contributed by atoms with van der Waals surface area (Å²) in [4.78, 5) is 0. The third-order valence-corrected chi connectivity index (χ3v) is 6.87. The first-order valence-corrected chi connectivity index (χ1v) is 12.4. The normalized spacial score (nSPS) is 11.3. The summed E-state index contributed by atoms with van der Waals surface area (Å²) in [6, 6.07) is 10.5. The molecule has 4 rings (SSSR count). The highest BCUT2D eigenvalue weighted by atomic mass is 79.9. The van der Waals surface area contributed by atoms with Crippen molar-refractivity contribution >= 4 is 31.9 Å². The average Bonchev–Trinajstić information content (AvgIpc) is 2.89. The zero-order valence-electron chi connectivity index (χ0n) is 17.8. The quantitative estimate of drug-likeness (QED) is 0.116. The number of alkyl halides is 2. The van der Waals surface area contributed by atoms with Crippen molar-refractivity contribution in [1.82, 2.24) is 0 Å². The summed E-state index contributed by atoms with van der Waals surface area (Å²) in [7, 11) is 0. The molecule has 0 spiro atoms. The van der Waals surface area contributed by atoms with Crippen LogP contribution in [-0.2, 0) is 10.7 Å². The Hall–Kier alpha value is -2.72. The number of rotatable bonds is 5. The number of benzene rings is 4. The van der Waals surface area contributed by atoms with Crippen molar-refractivity contribution in [3.63, 3.8) is 0 Å². The summed E-state index contributed by atoms with van der Waals surface area (Å²) in [5, 5.41) is 0.790. The fourth-order valence-electron chi connectivity index (χ4n) is 3.73. The van der Waals surface area contributed by atoms with Gasteiger partial charge in [-0.25, -0.2) is 35.1 Å². The van der Waals surface area contributed by atoms with Crippen molar-refractivity contribution in [2.45, 2.75) is 10.7 Å². The van der Waals surface area contributed by atoms with Gasteiger partial charge >= 0.3 is 0 Å². The lowest BCUT2D eigenvalue weighted by atomic mass is 9.93. The molecule has 0 heterocycles. The van der Waals surface area contributed by atoms with Gasteiger partial charge in [0, 0.05) is 10.7 Å². The minimum absolute atomic E-state index is 0.264. The Kier molecular flexibility index (Phi) is 7.56. The Labute approximate surface area is 216 Å². The van der Waals surface area contributed by atoms with Crippen LogP contribution in [0.2, 0.25) is 0 Å². The van der Waals surface area contributed by atoms with E-state index in [1.54, 1.807) is 0 Å². The van der Waals surface area contributed by atoms with Crippen molar-refractivity contribution < 1.29 is 35.1 Å². The fraction of sp³-hybridized carbons (Fsp3) is 0.0769. The van der Waals surface area contributed by atoms with Gasteiger partial charge in [0.25, 0.3) is 0 Å². The third-order valence-electron chi connectivity index (χ3n) is 5.57. The number of hydrogen-bond donors (Lipinski definition) is 0. The predicted octanol–water partition coefficient (Wildman–Crippen LogP) is 9.59. The van der Waals surface area contributed by atoms with Crippen LogP contribution in [-0.4, -0.2) is 0 Å². The Morgan fingerprint density at radius 2 is 0.583 bits per heavy atom. The maximum absolute atomic E-state index is 15.0. The Bertz CT molecular complexity index is 1290. The highest BCUT2D eigenvalue weighted by Crippen LogP contribution is 2.42. The first kappa shape index (κ1) is 26.3. The molecule has 0 nitrogen and oxygen atoms in total. The molecule has 0 aromatic heterocycles. The molecule has 10 heteroatoms. The van der Waals surface area contributed by atoms with E-state index in [1.807, 2.05) is 0 Å². The summed E-state index contributed by atoms with van der Waals surface area (Å²) in [5.74, 6) is -16.8. The monoisotopic (exact) mass is 634 g/mol. The van der Waals surface area contributed by atoms with Gasteiger partial charge in [-0.3, -0.25) is 0 Å². The molecule has 4 aromatic carbocycles. The molecule has 0 aliphatic rings.